The Morgan fingerprint density at radius 2 is 2.00 bits per heavy atom. The second-order valence-corrected chi connectivity index (χ2v) is 5.75. The zero-order valence-corrected chi connectivity index (χ0v) is 15.1. The molecule has 0 radical (unpaired) electrons. The van der Waals surface area contributed by atoms with Crippen LogP contribution in [-0.4, -0.2) is 37.1 Å². The highest BCUT2D eigenvalue weighted by Crippen LogP contribution is 2.47. The maximum Gasteiger partial charge on any atom is 0.367 e. The van der Waals surface area contributed by atoms with Crippen LogP contribution in [0.4, 0.5) is 0 Å². The number of methoxy groups -OCH3 is 1. The molecule has 0 fully saturated rings. The van der Waals surface area contributed by atoms with Gasteiger partial charge in [-0.25, -0.2) is 14.6 Å². The van der Waals surface area contributed by atoms with E-state index >= 15 is 0 Å². The van der Waals surface area contributed by atoms with Crippen LogP contribution >= 0.6 is 0 Å². The lowest BCUT2D eigenvalue weighted by molar-refractivity contribution is -0.139. The van der Waals surface area contributed by atoms with Crippen molar-refractivity contribution in [3.63, 3.8) is 0 Å². The van der Waals surface area contributed by atoms with Crippen LogP contribution in [-0.2, 0) is 23.8 Å². The lowest BCUT2D eigenvalue weighted by Crippen LogP contribution is -2.34. The van der Waals surface area contributed by atoms with Gasteiger partial charge in [-0.05, 0) is 26.3 Å². The standard InChI is InChI=1S/C19H20N2O5/c1-5-25-18(23)15-12(2)26-19(3,21-14(11-20)17(22)24-4)16(15)13-9-7-6-8-10-13/h6-10,16H,5H2,1-4H3. The summed E-state index contributed by atoms with van der Waals surface area (Å²) < 4.78 is 15.6. The number of esters is 2. The Morgan fingerprint density at radius 1 is 1.35 bits per heavy atom. The van der Waals surface area contributed by atoms with E-state index in [-0.39, 0.29) is 6.61 Å². The second-order valence-electron chi connectivity index (χ2n) is 5.75. The molecule has 7 nitrogen and oxygen atoms in total. The van der Waals surface area contributed by atoms with Crippen LogP contribution in [0.25, 0.3) is 0 Å². The molecule has 1 aliphatic rings. The predicted molar refractivity (Wildman–Crippen MR) is 93.1 cm³/mol. The van der Waals surface area contributed by atoms with Gasteiger partial charge in [0.1, 0.15) is 11.8 Å². The Balaban J connectivity index is 2.60. The Hall–Kier alpha value is -3.14. The monoisotopic (exact) mass is 356 g/mol. The lowest BCUT2D eigenvalue weighted by Gasteiger charge is -2.28. The fraction of sp³-hybridized carbons (Fsp3) is 0.368. The predicted octanol–water partition coefficient (Wildman–Crippen LogP) is 2.49. The molecule has 0 aromatic heterocycles. The highest BCUT2D eigenvalue weighted by atomic mass is 16.5. The molecule has 1 heterocycles. The quantitative estimate of drug-likeness (QED) is 0.594. The number of ether oxygens (including phenoxy) is 3. The molecule has 7 heteroatoms. The molecule has 1 aromatic carbocycles. The molecular formula is C19H20N2O5. The summed E-state index contributed by atoms with van der Waals surface area (Å²) in [5.41, 5.74) is -0.742. The van der Waals surface area contributed by atoms with Crippen LogP contribution < -0.4 is 0 Å². The maximum atomic E-state index is 12.5. The molecule has 136 valence electrons. The molecule has 1 aromatic rings. The lowest BCUT2D eigenvalue weighted by atomic mass is 9.84. The Kier molecular flexibility index (Phi) is 5.78. The summed E-state index contributed by atoms with van der Waals surface area (Å²) in [5.74, 6) is -1.69. The van der Waals surface area contributed by atoms with Gasteiger partial charge in [-0.2, -0.15) is 5.26 Å². The van der Waals surface area contributed by atoms with Gasteiger partial charge in [0.05, 0.1) is 25.2 Å². The molecule has 2 unspecified atom stereocenters. The fourth-order valence-electron chi connectivity index (χ4n) is 3.01. The highest BCUT2D eigenvalue weighted by molar-refractivity contribution is 6.43. The Bertz CT molecular complexity index is 807. The van der Waals surface area contributed by atoms with E-state index in [1.807, 2.05) is 30.3 Å². The minimum atomic E-state index is -1.37. The topological polar surface area (TPSA) is 98.0 Å². The molecular weight excluding hydrogens is 336 g/mol. The largest absolute Gasteiger partial charge is 0.469 e. The molecule has 0 spiro atoms. The Morgan fingerprint density at radius 3 is 2.54 bits per heavy atom. The molecule has 26 heavy (non-hydrogen) atoms. The number of hydrogen-bond donors (Lipinski definition) is 0. The van der Waals surface area contributed by atoms with Gasteiger partial charge in [-0.3, -0.25) is 0 Å². The van der Waals surface area contributed by atoms with Crippen molar-refractivity contribution in [1.82, 2.24) is 0 Å². The molecule has 1 aliphatic heterocycles. The molecule has 0 saturated heterocycles. The highest BCUT2D eigenvalue weighted by Gasteiger charge is 2.50. The van der Waals surface area contributed by atoms with Crippen molar-refractivity contribution in [2.75, 3.05) is 13.7 Å². The van der Waals surface area contributed by atoms with Crippen LogP contribution in [0.15, 0.2) is 46.7 Å². The summed E-state index contributed by atoms with van der Waals surface area (Å²) in [6.07, 6.45) is 0. The van der Waals surface area contributed by atoms with Crippen molar-refractivity contribution < 1.29 is 23.8 Å². The summed E-state index contributed by atoms with van der Waals surface area (Å²) in [7, 11) is 1.16. The first-order valence-electron chi connectivity index (χ1n) is 8.08. The van der Waals surface area contributed by atoms with Gasteiger partial charge < -0.3 is 14.2 Å². The number of carbonyl (C=O) groups excluding carboxylic acids is 2. The molecule has 0 aliphatic carbocycles. The zero-order valence-electron chi connectivity index (χ0n) is 15.1. The number of hydrogen-bond acceptors (Lipinski definition) is 7. The van der Waals surface area contributed by atoms with Crippen LogP contribution in [0.3, 0.4) is 0 Å². The minimum Gasteiger partial charge on any atom is -0.469 e. The van der Waals surface area contributed by atoms with E-state index in [1.54, 1.807) is 26.8 Å². The van der Waals surface area contributed by atoms with Gasteiger partial charge in [0, 0.05) is 0 Å². The SMILES string of the molecule is CCOC(=O)C1=C(C)OC(C)(N=C(C#N)C(=O)OC)C1c1ccccc1. The van der Waals surface area contributed by atoms with Crippen LogP contribution in [0.1, 0.15) is 32.3 Å². The van der Waals surface area contributed by atoms with Crippen molar-refractivity contribution >= 4 is 17.7 Å². The van der Waals surface area contributed by atoms with Crippen molar-refractivity contribution in [1.29, 1.82) is 5.26 Å². The Labute approximate surface area is 151 Å². The van der Waals surface area contributed by atoms with Gasteiger partial charge in [0.2, 0.25) is 11.4 Å². The first-order chi connectivity index (χ1) is 12.4. The summed E-state index contributed by atoms with van der Waals surface area (Å²) in [6, 6.07) is 10.9. The van der Waals surface area contributed by atoms with Gasteiger partial charge in [-0.1, -0.05) is 30.3 Å². The van der Waals surface area contributed by atoms with E-state index in [4.69, 9.17) is 9.47 Å². The molecule has 0 saturated carbocycles. The number of aliphatic imine (C=N–C) groups is 1. The van der Waals surface area contributed by atoms with Gasteiger partial charge >= 0.3 is 11.9 Å². The number of rotatable bonds is 5. The van der Waals surface area contributed by atoms with Gasteiger partial charge in [0.25, 0.3) is 0 Å². The van der Waals surface area contributed by atoms with Crippen molar-refractivity contribution in [2.45, 2.75) is 32.4 Å². The van der Waals surface area contributed by atoms with Crippen LogP contribution in [0.5, 0.6) is 0 Å². The van der Waals surface area contributed by atoms with E-state index in [0.29, 0.717) is 11.3 Å². The third kappa shape index (κ3) is 3.59. The molecule has 0 amide bonds. The summed E-state index contributed by atoms with van der Waals surface area (Å²) in [4.78, 5) is 28.5. The number of allylic oxidation sites excluding steroid dienone is 1. The normalized spacial score (nSPS) is 22.4. The summed E-state index contributed by atoms with van der Waals surface area (Å²) >= 11 is 0. The molecule has 0 bridgehead atoms. The average molecular weight is 356 g/mol. The van der Waals surface area contributed by atoms with E-state index in [9.17, 15) is 14.9 Å². The van der Waals surface area contributed by atoms with E-state index in [2.05, 4.69) is 9.73 Å². The van der Waals surface area contributed by atoms with Crippen molar-refractivity contribution in [3.8, 4) is 6.07 Å². The number of benzene rings is 1. The van der Waals surface area contributed by atoms with E-state index < -0.39 is 29.3 Å². The molecule has 2 rings (SSSR count). The van der Waals surface area contributed by atoms with Gasteiger partial charge in [-0.15, -0.1) is 0 Å². The van der Waals surface area contributed by atoms with E-state index in [1.165, 1.54) is 0 Å². The summed E-state index contributed by atoms with van der Waals surface area (Å²) in [6.45, 7) is 5.17. The third-order valence-electron chi connectivity index (χ3n) is 4.01. The fourth-order valence-corrected chi connectivity index (χ4v) is 3.01. The number of nitrogens with zero attached hydrogens (tertiary/aromatic N) is 2. The van der Waals surface area contributed by atoms with Crippen molar-refractivity contribution in [2.24, 2.45) is 4.99 Å². The molecule has 2 atom stereocenters. The number of nitriles is 1. The van der Waals surface area contributed by atoms with Crippen molar-refractivity contribution in [3.05, 3.63) is 47.2 Å². The number of carbonyl (C=O) groups is 2. The second kappa shape index (κ2) is 7.83. The summed E-state index contributed by atoms with van der Waals surface area (Å²) in [5, 5.41) is 9.24. The first-order valence-corrected chi connectivity index (χ1v) is 8.08. The van der Waals surface area contributed by atoms with Crippen LogP contribution in [0, 0.1) is 11.3 Å². The first kappa shape index (κ1) is 19.2. The van der Waals surface area contributed by atoms with Crippen LogP contribution in [0.2, 0.25) is 0 Å². The maximum absolute atomic E-state index is 12.5. The third-order valence-corrected chi connectivity index (χ3v) is 4.01. The minimum absolute atomic E-state index is 0.211. The average Bonchev–Trinajstić information content (AvgIpc) is 2.90. The zero-order chi connectivity index (χ0) is 19.3. The molecule has 0 N–H and O–H groups in total. The van der Waals surface area contributed by atoms with E-state index in [0.717, 1.165) is 12.7 Å². The smallest absolute Gasteiger partial charge is 0.367 e. The van der Waals surface area contributed by atoms with Gasteiger partial charge in [0.15, 0.2) is 0 Å².